The summed E-state index contributed by atoms with van der Waals surface area (Å²) in [6, 6.07) is 0. The van der Waals surface area contributed by atoms with Gasteiger partial charge < -0.3 is 0 Å². The van der Waals surface area contributed by atoms with E-state index in [2.05, 4.69) is 19.2 Å². The van der Waals surface area contributed by atoms with E-state index in [0.717, 1.165) is 6.42 Å². The monoisotopic (exact) mass is 86.0 g/mol. The molecule has 1 unspecified atom stereocenters. The maximum absolute atomic E-state index is 4.07. The second-order valence-corrected chi connectivity index (χ2v) is 2.00. The largest absolute Gasteiger partial charge is 0.171 e. The molecule has 1 rings (SSSR count). The van der Waals surface area contributed by atoms with E-state index in [-0.39, 0.29) is 0 Å². The first kappa shape index (κ1) is 3.29. The molecular weight excluding hydrogens is 80.1 g/mol. The molecular formula is C4H6S. The smallest absolute Gasteiger partial charge is 0.0261 e. The number of rotatable bonds is 0. The summed E-state index contributed by atoms with van der Waals surface area (Å²) in [4.78, 5) is 0. The molecule has 0 aromatic rings. The normalized spacial score (nSPS) is 34.6. The van der Waals surface area contributed by atoms with Crippen LogP contribution in [0, 0.1) is 0 Å². The molecule has 28 valence electrons. The van der Waals surface area contributed by atoms with Crippen molar-refractivity contribution in [1.82, 2.24) is 0 Å². The lowest BCUT2D eigenvalue weighted by Crippen LogP contribution is -1.49. The van der Waals surface area contributed by atoms with Gasteiger partial charge in [0.05, 0.1) is 0 Å². The molecule has 0 aromatic carbocycles. The predicted octanol–water partition coefficient (Wildman–Crippen LogP) is 1.24. The highest BCUT2D eigenvalue weighted by Gasteiger charge is 2.21. The van der Waals surface area contributed by atoms with Crippen molar-refractivity contribution in [2.45, 2.75) is 11.7 Å². The predicted molar refractivity (Wildman–Crippen MR) is 26.5 cm³/mol. The van der Waals surface area contributed by atoms with E-state index < -0.39 is 0 Å². The van der Waals surface area contributed by atoms with Crippen molar-refractivity contribution in [1.29, 1.82) is 0 Å². The van der Waals surface area contributed by atoms with E-state index in [1.807, 2.05) is 0 Å². The maximum atomic E-state index is 4.07. The Morgan fingerprint density at radius 1 is 2.00 bits per heavy atom. The van der Waals surface area contributed by atoms with E-state index in [4.69, 9.17) is 0 Å². The highest BCUT2D eigenvalue weighted by Crippen LogP contribution is 2.31. The Morgan fingerprint density at radius 2 is 2.20 bits per heavy atom. The van der Waals surface area contributed by atoms with Crippen molar-refractivity contribution in [3.05, 3.63) is 12.2 Å². The van der Waals surface area contributed by atoms with Crippen LogP contribution in [0.4, 0.5) is 0 Å². The van der Waals surface area contributed by atoms with Gasteiger partial charge in [0.25, 0.3) is 0 Å². The van der Waals surface area contributed by atoms with E-state index in [0.29, 0.717) is 5.25 Å². The summed E-state index contributed by atoms with van der Waals surface area (Å²) in [6.07, 6.45) is 1.14. The minimum absolute atomic E-state index is 0.551. The number of hydrogen-bond acceptors (Lipinski definition) is 1. The third-order valence-electron chi connectivity index (χ3n) is 0.767. The molecule has 0 saturated heterocycles. The zero-order valence-corrected chi connectivity index (χ0v) is 3.83. The van der Waals surface area contributed by atoms with Crippen molar-refractivity contribution in [3.8, 4) is 0 Å². The van der Waals surface area contributed by atoms with Crippen molar-refractivity contribution in [3.63, 3.8) is 0 Å². The fourth-order valence-corrected chi connectivity index (χ4v) is 0.424. The van der Waals surface area contributed by atoms with Gasteiger partial charge in [-0.1, -0.05) is 12.2 Å². The molecule has 0 spiro atoms. The van der Waals surface area contributed by atoms with Crippen molar-refractivity contribution in [2.75, 3.05) is 0 Å². The van der Waals surface area contributed by atoms with Gasteiger partial charge in [-0.25, -0.2) is 0 Å². The van der Waals surface area contributed by atoms with E-state index in [1.54, 1.807) is 0 Å². The lowest BCUT2D eigenvalue weighted by molar-refractivity contribution is 1.53. The molecule has 0 radical (unpaired) electrons. The fourth-order valence-electron chi connectivity index (χ4n) is 0.189. The van der Waals surface area contributed by atoms with Crippen LogP contribution in [-0.2, 0) is 0 Å². The minimum atomic E-state index is 0.551. The highest BCUT2D eigenvalue weighted by atomic mass is 32.1. The van der Waals surface area contributed by atoms with Gasteiger partial charge >= 0.3 is 0 Å². The summed E-state index contributed by atoms with van der Waals surface area (Å²) in [5.41, 5.74) is 1.29. The highest BCUT2D eigenvalue weighted by molar-refractivity contribution is 7.81. The van der Waals surface area contributed by atoms with Crippen molar-refractivity contribution in [2.24, 2.45) is 0 Å². The summed E-state index contributed by atoms with van der Waals surface area (Å²) >= 11 is 4.07. The molecule has 5 heavy (non-hydrogen) atoms. The molecule has 1 saturated carbocycles. The SMILES string of the molecule is C=C1CC1S. The van der Waals surface area contributed by atoms with Gasteiger partial charge in [0.2, 0.25) is 0 Å². The van der Waals surface area contributed by atoms with Crippen LogP contribution in [0.25, 0.3) is 0 Å². The zero-order valence-electron chi connectivity index (χ0n) is 2.94. The molecule has 1 atom stereocenters. The van der Waals surface area contributed by atoms with Gasteiger partial charge in [-0.3, -0.25) is 0 Å². The van der Waals surface area contributed by atoms with E-state index in [1.165, 1.54) is 5.57 Å². The molecule has 0 N–H and O–H groups in total. The molecule has 1 aliphatic carbocycles. The Morgan fingerprint density at radius 3 is 2.20 bits per heavy atom. The van der Waals surface area contributed by atoms with Crippen LogP contribution in [0.15, 0.2) is 12.2 Å². The summed E-state index contributed by atoms with van der Waals surface area (Å²) in [5, 5.41) is 0.551. The average molecular weight is 86.2 g/mol. The molecule has 0 heterocycles. The number of hydrogen-bond donors (Lipinski definition) is 1. The Bertz CT molecular complexity index is 66.0. The van der Waals surface area contributed by atoms with Gasteiger partial charge in [0, 0.05) is 5.25 Å². The van der Waals surface area contributed by atoms with Crippen LogP contribution in [0.5, 0.6) is 0 Å². The molecule has 0 nitrogen and oxygen atoms in total. The van der Waals surface area contributed by atoms with Gasteiger partial charge in [0.15, 0.2) is 0 Å². The first-order valence-electron chi connectivity index (χ1n) is 1.66. The van der Waals surface area contributed by atoms with Crippen molar-refractivity contribution >= 4 is 12.6 Å². The summed E-state index contributed by atoms with van der Waals surface area (Å²) < 4.78 is 0. The van der Waals surface area contributed by atoms with Gasteiger partial charge in [0.1, 0.15) is 0 Å². The van der Waals surface area contributed by atoms with Crippen LogP contribution in [0.2, 0.25) is 0 Å². The van der Waals surface area contributed by atoms with Gasteiger partial charge in [-0.2, -0.15) is 12.6 Å². The number of thiol groups is 1. The third kappa shape index (κ3) is 0.482. The van der Waals surface area contributed by atoms with Crippen LogP contribution in [-0.4, -0.2) is 5.25 Å². The van der Waals surface area contributed by atoms with Crippen LogP contribution in [0.3, 0.4) is 0 Å². The fraction of sp³-hybridized carbons (Fsp3) is 0.500. The van der Waals surface area contributed by atoms with Gasteiger partial charge in [-0.05, 0) is 6.42 Å². The second kappa shape index (κ2) is 0.777. The van der Waals surface area contributed by atoms with Crippen molar-refractivity contribution < 1.29 is 0 Å². The van der Waals surface area contributed by atoms with Crippen LogP contribution >= 0.6 is 12.6 Å². The van der Waals surface area contributed by atoms with Crippen LogP contribution in [0.1, 0.15) is 6.42 Å². The van der Waals surface area contributed by atoms with E-state index >= 15 is 0 Å². The van der Waals surface area contributed by atoms with E-state index in [9.17, 15) is 0 Å². The Hall–Kier alpha value is 0.0900. The minimum Gasteiger partial charge on any atom is -0.171 e. The molecule has 0 aliphatic heterocycles. The standard InChI is InChI=1S/C4H6S/c1-3-2-4(3)5/h4-5H,1-2H2. The summed E-state index contributed by atoms with van der Waals surface area (Å²) in [5.74, 6) is 0. The zero-order chi connectivity index (χ0) is 3.86. The molecule has 1 fully saturated rings. The Balaban J connectivity index is 2.47. The Kier molecular flexibility index (Phi) is 0.511. The average Bonchev–Trinajstić information content (AvgIpc) is 1.79. The lowest BCUT2D eigenvalue weighted by atomic mass is 10.7. The molecule has 0 aromatic heterocycles. The molecule has 1 aliphatic rings. The first-order valence-corrected chi connectivity index (χ1v) is 2.18. The first-order chi connectivity index (χ1) is 2.30. The Labute approximate surface area is 37.3 Å². The topological polar surface area (TPSA) is 0 Å². The van der Waals surface area contributed by atoms with Gasteiger partial charge in [-0.15, -0.1) is 0 Å². The van der Waals surface area contributed by atoms with Crippen LogP contribution < -0.4 is 0 Å². The quantitative estimate of drug-likeness (QED) is 0.333. The lowest BCUT2D eigenvalue weighted by Gasteiger charge is -1.57. The summed E-state index contributed by atoms with van der Waals surface area (Å²) in [6.45, 7) is 3.67. The third-order valence-corrected chi connectivity index (χ3v) is 1.31. The molecule has 1 heteroatoms. The maximum Gasteiger partial charge on any atom is 0.0261 e. The second-order valence-electron chi connectivity index (χ2n) is 1.38. The molecule has 0 amide bonds. The molecule has 0 bridgehead atoms. The summed E-state index contributed by atoms with van der Waals surface area (Å²) in [7, 11) is 0.